The fraction of sp³-hybridized carbons (Fsp3) is 0.867. The van der Waals surface area contributed by atoms with Crippen LogP contribution in [0.2, 0.25) is 0 Å². The summed E-state index contributed by atoms with van der Waals surface area (Å²) in [6, 6.07) is 0. The number of aliphatic hydroxyl groups excluding tert-OH is 1. The molecular formula is C15H28N4O2. The Hall–Kier alpha value is -0.980. The summed E-state index contributed by atoms with van der Waals surface area (Å²) in [5, 5.41) is 17.5. The van der Waals surface area contributed by atoms with Crippen molar-refractivity contribution in [3.63, 3.8) is 0 Å². The molecule has 1 aromatic heterocycles. The lowest BCUT2D eigenvalue weighted by Crippen LogP contribution is -2.40. The normalized spacial score (nSPS) is 19.3. The van der Waals surface area contributed by atoms with E-state index < -0.39 is 0 Å². The van der Waals surface area contributed by atoms with Crippen molar-refractivity contribution in [1.29, 1.82) is 0 Å². The lowest BCUT2D eigenvalue weighted by Gasteiger charge is -2.34. The number of piperidine rings is 1. The fourth-order valence-corrected chi connectivity index (χ4v) is 2.96. The Morgan fingerprint density at radius 2 is 2.00 bits per heavy atom. The summed E-state index contributed by atoms with van der Waals surface area (Å²) in [5.41, 5.74) is 0. The zero-order valence-corrected chi connectivity index (χ0v) is 13.5. The topological polar surface area (TPSA) is 65.6 Å². The molecule has 120 valence electrons. The van der Waals surface area contributed by atoms with E-state index in [4.69, 9.17) is 4.42 Å². The van der Waals surface area contributed by atoms with Crippen LogP contribution in [0.1, 0.15) is 38.5 Å². The molecule has 2 rings (SSSR count). The van der Waals surface area contributed by atoms with Gasteiger partial charge in [0.05, 0.1) is 12.6 Å². The SMILES string of the molecule is CCc1nnc(CN(C)CC2CCN(C[C@H](C)O)CC2)o1. The molecule has 1 fully saturated rings. The summed E-state index contributed by atoms with van der Waals surface area (Å²) in [6.07, 6.45) is 2.95. The average Bonchev–Trinajstić information content (AvgIpc) is 2.88. The van der Waals surface area contributed by atoms with Crippen molar-refractivity contribution in [2.24, 2.45) is 5.92 Å². The van der Waals surface area contributed by atoms with E-state index in [1.807, 2.05) is 13.8 Å². The number of aromatic nitrogens is 2. The molecule has 0 aromatic carbocycles. The molecule has 0 aliphatic carbocycles. The van der Waals surface area contributed by atoms with Gasteiger partial charge in [0.2, 0.25) is 11.8 Å². The minimum Gasteiger partial charge on any atom is -0.424 e. The first kappa shape index (κ1) is 16.4. The lowest BCUT2D eigenvalue weighted by atomic mass is 9.96. The summed E-state index contributed by atoms with van der Waals surface area (Å²) in [7, 11) is 2.11. The fourth-order valence-electron chi connectivity index (χ4n) is 2.96. The Morgan fingerprint density at radius 3 is 2.57 bits per heavy atom. The molecule has 21 heavy (non-hydrogen) atoms. The molecule has 1 saturated heterocycles. The van der Waals surface area contributed by atoms with Gasteiger partial charge in [-0.05, 0) is 45.8 Å². The molecule has 0 amide bonds. The van der Waals surface area contributed by atoms with E-state index in [0.29, 0.717) is 17.7 Å². The molecule has 1 N–H and O–H groups in total. The number of hydrogen-bond donors (Lipinski definition) is 1. The van der Waals surface area contributed by atoms with E-state index in [0.717, 1.165) is 39.1 Å². The molecule has 0 unspecified atom stereocenters. The van der Waals surface area contributed by atoms with Gasteiger partial charge in [0, 0.05) is 19.5 Å². The second kappa shape index (κ2) is 7.87. The standard InChI is InChI=1S/C15H28N4O2/c1-4-14-16-17-15(21-14)11-18(3)10-13-5-7-19(8-6-13)9-12(2)20/h12-13,20H,4-11H2,1-3H3/t12-/m0/s1. The first-order chi connectivity index (χ1) is 10.1. The molecular weight excluding hydrogens is 268 g/mol. The van der Waals surface area contributed by atoms with Crippen LogP contribution in [0.15, 0.2) is 4.42 Å². The Kier molecular flexibility index (Phi) is 6.14. The molecule has 1 aliphatic heterocycles. The molecule has 0 bridgehead atoms. The third-order valence-corrected chi connectivity index (χ3v) is 4.02. The zero-order valence-electron chi connectivity index (χ0n) is 13.5. The summed E-state index contributed by atoms with van der Waals surface area (Å²) in [6.45, 7) is 8.63. The number of aliphatic hydroxyl groups is 1. The highest BCUT2D eigenvalue weighted by molar-refractivity contribution is 4.82. The second-order valence-electron chi connectivity index (χ2n) is 6.23. The van der Waals surface area contributed by atoms with Gasteiger partial charge in [-0.1, -0.05) is 6.92 Å². The van der Waals surface area contributed by atoms with Gasteiger partial charge in [-0.25, -0.2) is 0 Å². The number of nitrogens with zero attached hydrogens (tertiary/aromatic N) is 4. The molecule has 0 spiro atoms. The minimum absolute atomic E-state index is 0.227. The molecule has 1 aromatic rings. The largest absolute Gasteiger partial charge is 0.424 e. The molecule has 6 nitrogen and oxygen atoms in total. The van der Waals surface area contributed by atoms with Crippen LogP contribution >= 0.6 is 0 Å². The average molecular weight is 296 g/mol. The summed E-state index contributed by atoms with van der Waals surface area (Å²) in [5.74, 6) is 2.14. The van der Waals surface area contributed by atoms with Gasteiger partial charge in [-0.3, -0.25) is 4.90 Å². The zero-order chi connectivity index (χ0) is 15.2. The maximum Gasteiger partial charge on any atom is 0.230 e. The predicted molar refractivity (Wildman–Crippen MR) is 80.9 cm³/mol. The van der Waals surface area contributed by atoms with Crippen molar-refractivity contribution in [2.45, 2.75) is 45.8 Å². The van der Waals surface area contributed by atoms with E-state index in [1.54, 1.807) is 0 Å². The van der Waals surface area contributed by atoms with E-state index in [-0.39, 0.29) is 6.10 Å². The van der Waals surface area contributed by atoms with Crippen LogP contribution in [0, 0.1) is 5.92 Å². The summed E-state index contributed by atoms with van der Waals surface area (Å²) < 4.78 is 5.55. The third-order valence-electron chi connectivity index (χ3n) is 4.02. The Morgan fingerprint density at radius 1 is 1.33 bits per heavy atom. The van der Waals surface area contributed by atoms with Crippen molar-refractivity contribution < 1.29 is 9.52 Å². The van der Waals surface area contributed by atoms with Gasteiger partial charge < -0.3 is 14.4 Å². The quantitative estimate of drug-likeness (QED) is 0.814. The monoisotopic (exact) mass is 296 g/mol. The van der Waals surface area contributed by atoms with Crippen molar-refractivity contribution in [3.05, 3.63) is 11.8 Å². The van der Waals surface area contributed by atoms with Gasteiger partial charge in [-0.2, -0.15) is 0 Å². The van der Waals surface area contributed by atoms with Gasteiger partial charge in [0.1, 0.15) is 0 Å². The maximum atomic E-state index is 9.43. The smallest absolute Gasteiger partial charge is 0.230 e. The number of aryl methyl sites for hydroxylation is 1. The van der Waals surface area contributed by atoms with Crippen molar-refractivity contribution in [3.8, 4) is 0 Å². The third kappa shape index (κ3) is 5.37. The van der Waals surface area contributed by atoms with E-state index in [9.17, 15) is 5.11 Å². The van der Waals surface area contributed by atoms with Crippen molar-refractivity contribution in [2.75, 3.05) is 33.2 Å². The van der Waals surface area contributed by atoms with Gasteiger partial charge in [-0.15, -0.1) is 10.2 Å². The highest BCUT2D eigenvalue weighted by Crippen LogP contribution is 2.19. The maximum absolute atomic E-state index is 9.43. The number of likely N-dealkylation sites (tertiary alicyclic amines) is 1. The number of rotatable bonds is 7. The van der Waals surface area contributed by atoms with E-state index >= 15 is 0 Å². The predicted octanol–water partition coefficient (Wildman–Crippen LogP) is 1.16. The van der Waals surface area contributed by atoms with Gasteiger partial charge in [0.25, 0.3) is 0 Å². The molecule has 0 radical (unpaired) electrons. The van der Waals surface area contributed by atoms with Crippen molar-refractivity contribution in [1.82, 2.24) is 20.0 Å². The lowest BCUT2D eigenvalue weighted by molar-refractivity contribution is 0.0910. The first-order valence-electron chi connectivity index (χ1n) is 7.97. The van der Waals surface area contributed by atoms with Gasteiger partial charge in [0.15, 0.2) is 0 Å². The Labute approximate surface area is 127 Å². The first-order valence-corrected chi connectivity index (χ1v) is 7.97. The molecule has 0 saturated carbocycles. The summed E-state index contributed by atoms with van der Waals surface area (Å²) >= 11 is 0. The Bertz CT molecular complexity index is 414. The van der Waals surface area contributed by atoms with Crippen LogP contribution in [0.25, 0.3) is 0 Å². The van der Waals surface area contributed by atoms with Crippen LogP contribution in [-0.4, -0.2) is 64.4 Å². The van der Waals surface area contributed by atoms with Gasteiger partial charge >= 0.3 is 0 Å². The molecule has 1 atom stereocenters. The van der Waals surface area contributed by atoms with E-state index in [2.05, 4.69) is 27.0 Å². The number of hydrogen-bond acceptors (Lipinski definition) is 6. The molecule has 6 heteroatoms. The summed E-state index contributed by atoms with van der Waals surface area (Å²) in [4.78, 5) is 4.62. The van der Waals surface area contributed by atoms with E-state index in [1.165, 1.54) is 12.8 Å². The highest BCUT2D eigenvalue weighted by atomic mass is 16.4. The van der Waals surface area contributed by atoms with Crippen LogP contribution in [0.4, 0.5) is 0 Å². The minimum atomic E-state index is -0.227. The number of β-amino-alcohol motifs (C(OH)–C–C–N with tert-alkyl or cyclic N) is 1. The van der Waals surface area contributed by atoms with Crippen molar-refractivity contribution >= 4 is 0 Å². The molecule has 1 aliphatic rings. The Balaban J connectivity index is 1.70. The highest BCUT2D eigenvalue weighted by Gasteiger charge is 2.21. The van der Waals surface area contributed by atoms with Crippen LogP contribution < -0.4 is 0 Å². The molecule has 2 heterocycles. The van der Waals surface area contributed by atoms with Crippen LogP contribution in [0.3, 0.4) is 0 Å². The van der Waals surface area contributed by atoms with Crippen LogP contribution in [0.5, 0.6) is 0 Å². The van der Waals surface area contributed by atoms with Crippen LogP contribution in [-0.2, 0) is 13.0 Å². The second-order valence-corrected chi connectivity index (χ2v) is 6.23.